The molecule has 2 unspecified atom stereocenters. The number of benzene rings is 2. The second-order valence-corrected chi connectivity index (χ2v) is 4.79. The van der Waals surface area contributed by atoms with Crippen molar-refractivity contribution in [2.75, 3.05) is 13.7 Å². The van der Waals surface area contributed by atoms with Gasteiger partial charge >= 0.3 is 0 Å². The van der Waals surface area contributed by atoms with Gasteiger partial charge in [-0.1, -0.05) is 18.2 Å². The van der Waals surface area contributed by atoms with Crippen molar-refractivity contribution in [3.63, 3.8) is 0 Å². The van der Waals surface area contributed by atoms with Crippen molar-refractivity contribution >= 4 is 10.8 Å². The smallest absolute Gasteiger partial charge is 0.119 e. The Morgan fingerprint density at radius 1 is 1.21 bits per heavy atom. The molecule has 0 bridgehead atoms. The molecule has 3 nitrogen and oxygen atoms in total. The van der Waals surface area contributed by atoms with Crippen molar-refractivity contribution in [1.29, 1.82) is 5.26 Å². The van der Waals surface area contributed by atoms with E-state index in [1.165, 1.54) is 0 Å². The van der Waals surface area contributed by atoms with Crippen LogP contribution in [0.15, 0.2) is 36.4 Å². The SMILES string of the molecule is COc1ccc2cc(C3OCCC3C#N)ccc2c1. The Hall–Kier alpha value is -2.05. The predicted octanol–water partition coefficient (Wildman–Crippen LogP) is 3.45. The van der Waals surface area contributed by atoms with E-state index in [4.69, 9.17) is 14.7 Å². The summed E-state index contributed by atoms with van der Waals surface area (Å²) in [6, 6.07) is 14.5. The highest BCUT2D eigenvalue weighted by molar-refractivity contribution is 5.84. The lowest BCUT2D eigenvalue weighted by atomic mass is 9.95. The average molecular weight is 253 g/mol. The molecule has 0 aliphatic carbocycles. The first kappa shape index (κ1) is 12.0. The fourth-order valence-electron chi connectivity index (χ4n) is 2.60. The molecule has 2 aromatic carbocycles. The normalized spacial score (nSPS) is 22.3. The van der Waals surface area contributed by atoms with Gasteiger partial charge in [-0.05, 0) is 41.0 Å². The van der Waals surface area contributed by atoms with Gasteiger partial charge in [-0.3, -0.25) is 0 Å². The number of methoxy groups -OCH3 is 1. The van der Waals surface area contributed by atoms with Gasteiger partial charge in [-0.15, -0.1) is 0 Å². The number of hydrogen-bond acceptors (Lipinski definition) is 3. The Bertz CT molecular complexity index is 645. The Morgan fingerprint density at radius 2 is 2.00 bits per heavy atom. The number of hydrogen-bond donors (Lipinski definition) is 0. The minimum Gasteiger partial charge on any atom is -0.497 e. The molecule has 19 heavy (non-hydrogen) atoms. The van der Waals surface area contributed by atoms with Gasteiger partial charge in [0.2, 0.25) is 0 Å². The molecule has 96 valence electrons. The highest BCUT2D eigenvalue weighted by atomic mass is 16.5. The zero-order chi connectivity index (χ0) is 13.2. The first-order valence-electron chi connectivity index (χ1n) is 6.41. The summed E-state index contributed by atoms with van der Waals surface area (Å²) in [5.41, 5.74) is 1.08. The van der Waals surface area contributed by atoms with Gasteiger partial charge in [0, 0.05) is 6.61 Å². The third-order valence-corrected chi connectivity index (χ3v) is 3.66. The van der Waals surface area contributed by atoms with E-state index in [2.05, 4.69) is 18.2 Å². The Balaban J connectivity index is 2.00. The van der Waals surface area contributed by atoms with Crippen LogP contribution in [-0.2, 0) is 4.74 Å². The minimum atomic E-state index is -0.0866. The van der Waals surface area contributed by atoms with Crippen molar-refractivity contribution in [2.24, 2.45) is 5.92 Å². The lowest BCUT2D eigenvalue weighted by molar-refractivity contribution is 0.101. The molecule has 2 atom stereocenters. The summed E-state index contributed by atoms with van der Waals surface area (Å²) in [6.07, 6.45) is 0.735. The van der Waals surface area contributed by atoms with Crippen LogP contribution in [0, 0.1) is 17.2 Å². The molecule has 1 heterocycles. The first-order chi connectivity index (χ1) is 9.31. The second kappa shape index (κ2) is 4.91. The van der Waals surface area contributed by atoms with Crippen LogP contribution in [0.1, 0.15) is 18.1 Å². The first-order valence-corrected chi connectivity index (χ1v) is 6.41. The van der Waals surface area contributed by atoms with Crippen LogP contribution in [0.25, 0.3) is 10.8 Å². The van der Waals surface area contributed by atoms with Gasteiger partial charge in [0.1, 0.15) is 5.75 Å². The van der Waals surface area contributed by atoms with E-state index in [0.29, 0.717) is 6.61 Å². The van der Waals surface area contributed by atoms with Gasteiger partial charge < -0.3 is 9.47 Å². The Kier molecular flexibility index (Phi) is 3.10. The summed E-state index contributed by atoms with van der Waals surface area (Å²) < 4.78 is 10.9. The Labute approximate surface area is 112 Å². The topological polar surface area (TPSA) is 42.2 Å². The average Bonchev–Trinajstić information content (AvgIpc) is 2.94. The van der Waals surface area contributed by atoms with Gasteiger partial charge in [0.05, 0.1) is 25.2 Å². The van der Waals surface area contributed by atoms with Crippen molar-refractivity contribution in [3.05, 3.63) is 42.0 Å². The van der Waals surface area contributed by atoms with Gasteiger partial charge in [0.15, 0.2) is 0 Å². The molecule has 0 amide bonds. The number of ether oxygens (including phenoxy) is 2. The fraction of sp³-hybridized carbons (Fsp3) is 0.312. The van der Waals surface area contributed by atoms with E-state index in [-0.39, 0.29) is 12.0 Å². The van der Waals surface area contributed by atoms with Crippen LogP contribution in [0.5, 0.6) is 5.75 Å². The molecule has 0 radical (unpaired) electrons. The predicted molar refractivity (Wildman–Crippen MR) is 72.9 cm³/mol. The van der Waals surface area contributed by atoms with Crippen LogP contribution in [-0.4, -0.2) is 13.7 Å². The number of fused-ring (bicyclic) bond motifs is 1. The van der Waals surface area contributed by atoms with E-state index < -0.39 is 0 Å². The molecule has 1 aliphatic rings. The molecule has 0 N–H and O–H groups in total. The van der Waals surface area contributed by atoms with Crippen molar-refractivity contribution in [1.82, 2.24) is 0 Å². The maximum atomic E-state index is 9.13. The third-order valence-electron chi connectivity index (χ3n) is 3.66. The molecular weight excluding hydrogens is 238 g/mol. The number of nitriles is 1. The quantitative estimate of drug-likeness (QED) is 0.823. The maximum absolute atomic E-state index is 9.13. The maximum Gasteiger partial charge on any atom is 0.119 e. The molecule has 1 aliphatic heterocycles. The summed E-state index contributed by atoms with van der Waals surface area (Å²) in [5, 5.41) is 11.4. The largest absolute Gasteiger partial charge is 0.497 e. The van der Waals surface area contributed by atoms with E-state index in [9.17, 15) is 0 Å². The summed E-state index contributed by atoms with van der Waals surface area (Å²) in [6.45, 7) is 0.670. The molecule has 0 saturated carbocycles. The summed E-state index contributed by atoms with van der Waals surface area (Å²) in [7, 11) is 1.67. The summed E-state index contributed by atoms with van der Waals surface area (Å²) >= 11 is 0. The fourth-order valence-corrected chi connectivity index (χ4v) is 2.60. The van der Waals surface area contributed by atoms with Crippen LogP contribution < -0.4 is 4.74 Å². The monoisotopic (exact) mass is 253 g/mol. The van der Waals surface area contributed by atoms with Crippen molar-refractivity contribution in [3.8, 4) is 11.8 Å². The molecule has 2 aromatic rings. The van der Waals surface area contributed by atoms with Gasteiger partial charge in [-0.2, -0.15) is 5.26 Å². The van der Waals surface area contributed by atoms with Gasteiger partial charge in [-0.25, -0.2) is 0 Å². The van der Waals surface area contributed by atoms with Crippen LogP contribution in [0.2, 0.25) is 0 Å². The summed E-state index contributed by atoms with van der Waals surface area (Å²) in [5.74, 6) is 0.822. The lowest BCUT2D eigenvalue weighted by Gasteiger charge is -2.14. The second-order valence-electron chi connectivity index (χ2n) is 4.79. The van der Waals surface area contributed by atoms with Crippen LogP contribution in [0.4, 0.5) is 0 Å². The zero-order valence-corrected chi connectivity index (χ0v) is 10.8. The Morgan fingerprint density at radius 3 is 2.79 bits per heavy atom. The standard InChI is InChI=1S/C16H15NO2/c1-18-15-5-4-11-8-13(3-2-12(11)9-15)16-14(10-17)6-7-19-16/h2-5,8-9,14,16H,6-7H2,1H3. The van der Waals surface area contributed by atoms with E-state index in [0.717, 1.165) is 28.5 Å². The lowest BCUT2D eigenvalue weighted by Crippen LogP contribution is -2.05. The number of nitrogens with zero attached hydrogens (tertiary/aromatic N) is 1. The van der Waals surface area contributed by atoms with Crippen molar-refractivity contribution in [2.45, 2.75) is 12.5 Å². The highest BCUT2D eigenvalue weighted by Gasteiger charge is 2.29. The molecule has 3 rings (SSSR count). The molecular formula is C16H15NO2. The minimum absolute atomic E-state index is 0.0318. The van der Waals surface area contributed by atoms with E-state index in [1.54, 1.807) is 7.11 Å². The van der Waals surface area contributed by atoms with Crippen LogP contribution >= 0.6 is 0 Å². The van der Waals surface area contributed by atoms with Gasteiger partial charge in [0.25, 0.3) is 0 Å². The molecule has 3 heteroatoms. The molecule has 0 spiro atoms. The van der Waals surface area contributed by atoms with E-state index in [1.807, 2.05) is 24.3 Å². The molecule has 0 aromatic heterocycles. The third kappa shape index (κ3) is 2.16. The highest BCUT2D eigenvalue weighted by Crippen LogP contribution is 2.35. The summed E-state index contributed by atoms with van der Waals surface area (Å²) in [4.78, 5) is 0. The zero-order valence-electron chi connectivity index (χ0n) is 10.8. The van der Waals surface area contributed by atoms with E-state index >= 15 is 0 Å². The molecule has 1 fully saturated rings. The van der Waals surface area contributed by atoms with Crippen LogP contribution in [0.3, 0.4) is 0 Å². The number of rotatable bonds is 2. The molecule has 1 saturated heterocycles. The van der Waals surface area contributed by atoms with Crippen molar-refractivity contribution < 1.29 is 9.47 Å².